The maximum absolute atomic E-state index is 4.33. The number of likely N-dealkylation sites (tertiary alicyclic amines) is 1. The fraction of sp³-hybridized carbons (Fsp3) is 0.800. The van der Waals surface area contributed by atoms with E-state index >= 15 is 0 Å². The molecule has 0 amide bonds. The largest absolute Gasteiger partial charge is 0.333 e. The molecule has 1 aromatic heterocycles. The van der Waals surface area contributed by atoms with Crippen LogP contribution in [0.4, 0.5) is 0 Å². The molecule has 1 aliphatic heterocycles. The average Bonchev–Trinajstić information content (AvgIpc) is 3.00. The third-order valence-electron chi connectivity index (χ3n) is 4.25. The van der Waals surface area contributed by atoms with Gasteiger partial charge in [-0.3, -0.25) is 0 Å². The van der Waals surface area contributed by atoms with Gasteiger partial charge in [0.2, 0.25) is 0 Å². The van der Waals surface area contributed by atoms with Crippen molar-refractivity contribution >= 4 is 0 Å². The molecule has 0 aliphatic carbocycles. The number of hydrogen-bond donors (Lipinski definition) is 1. The smallest absolute Gasteiger partial charge is 0.0948 e. The van der Waals surface area contributed by atoms with Gasteiger partial charge in [-0.05, 0) is 52.7 Å². The summed E-state index contributed by atoms with van der Waals surface area (Å²) in [5, 5.41) is 3.36. The molecule has 2 rings (SSSR count). The Balaban J connectivity index is 1.97. The van der Waals surface area contributed by atoms with Crippen molar-refractivity contribution in [1.29, 1.82) is 0 Å². The highest BCUT2D eigenvalue weighted by Gasteiger charge is 2.23. The Morgan fingerprint density at radius 1 is 1.32 bits per heavy atom. The number of imidazole rings is 1. The predicted molar refractivity (Wildman–Crippen MR) is 79.2 cm³/mol. The third kappa shape index (κ3) is 3.57. The highest BCUT2D eigenvalue weighted by molar-refractivity contribution is 5.10. The van der Waals surface area contributed by atoms with Crippen molar-refractivity contribution in [2.45, 2.75) is 45.7 Å². The predicted octanol–water partition coefficient (Wildman–Crippen LogP) is 2.07. The molecule has 1 aromatic rings. The van der Waals surface area contributed by atoms with Crippen LogP contribution in [0.2, 0.25) is 0 Å². The Morgan fingerprint density at radius 3 is 2.63 bits per heavy atom. The van der Waals surface area contributed by atoms with E-state index in [0.29, 0.717) is 5.92 Å². The first kappa shape index (κ1) is 14.5. The summed E-state index contributed by atoms with van der Waals surface area (Å²) >= 11 is 0. The highest BCUT2D eigenvalue weighted by Crippen LogP contribution is 2.20. The highest BCUT2D eigenvalue weighted by atomic mass is 15.2. The van der Waals surface area contributed by atoms with E-state index in [1.165, 1.54) is 38.2 Å². The maximum atomic E-state index is 4.33. The van der Waals surface area contributed by atoms with Crippen LogP contribution < -0.4 is 5.32 Å². The first-order valence-electron chi connectivity index (χ1n) is 7.45. The molecule has 1 N–H and O–H groups in total. The van der Waals surface area contributed by atoms with Crippen LogP contribution in [0.15, 0.2) is 12.5 Å². The molecule has 0 radical (unpaired) electrons. The Hall–Kier alpha value is -0.870. The van der Waals surface area contributed by atoms with Crippen LogP contribution in [0.1, 0.15) is 39.3 Å². The first-order chi connectivity index (χ1) is 9.03. The zero-order valence-electron chi connectivity index (χ0n) is 12.8. The molecule has 4 heteroatoms. The number of nitrogens with zero attached hydrogens (tertiary/aromatic N) is 3. The summed E-state index contributed by atoms with van der Waals surface area (Å²) in [6, 6.07) is 0. The lowest BCUT2D eigenvalue weighted by molar-refractivity contribution is 0.266. The van der Waals surface area contributed by atoms with E-state index in [9.17, 15) is 0 Å². The van der Waals surface area contributed by atoms with Crippen LogP contribution in [-0.2, 0) is 12.1 Å². The van der Waals surface area contributed by atoms with Gasteiger partial charge in [0.05, 0.1) is 17.6 Å². The molecular weight excluding hydrogens is 236 g/mol. The SMILES string of the molecule is CNC(C)(C)c1cncn1CC(C)CN1CCCC1. The van der Waals surface area contributed by atoms with Gasteiger partial charge in [0.1, 0.15) is 0 Å². The lowest BCUT2D eigenvalue weighted by Crippen LogP contribution is -2.36. The lowest BCUT2D eigenvalue weighted by atomic mass is 10.0. The molecule has 0 bridgehead atoms. The van der Waals surface area contributed by atoms with Crippen molar-refractivity contribution in [3.8, 4) is 0 Å². The number of nitrogens with one attached hydrogen (secondary N) is 1. The van der Waals surface area contributed by atoms with Gasteiger partial charge in [-0.1, -0.05) is 6.92 Å². The second-order valence-corrected chi connectivity index (χ2v) is 6.42. The van der Waals surface area contributed by atoms with Gasteiger partial charge >= 0.3 is 0 Å². The molecule has 0 aromatic carbocycles. The zero-order valence-corrected chi connectivity index (χ0v) is 12.8. The number of rotatable bonds is 6. The Bertz CT molecular complexity index is 391. The quantitative estimate of drug-likeness (QED) is 0.854. The van der Waals surface area contributed by atoms with Crippen molar-refractivity contribution in [2.24, 2.45) is 5.92 Å². The summed E-state index contributed by atoms with van der Waals surface area (Å²) in [5.74, 6) is 0.665. The minimum atomic E-state index is -0.0239. The molecule has 1 aliphatic rings. The Kier molecular flexibility index (Phi) is 4.63. The maximum Gasteiger partial charge on any atom is 0.0948 e. The van der Waals surface area contributed by atoms with E-state index in [2.05, 4.69) is 40.5 Å². The first-order valence-corrected chi connectivity index (χ1v) is 7.45. The summed E-state index contributed by atoms with van der Waals surface area (Å²) < 4.78 is 2.30. The summed E-state index contributed by atoms with van der Waals surface area (Å²) in [5.41, 5.74) is 1.24. The molecule has 1 saturated heterocycles. The molecule has 1 fully saturated rings. The van der Waals surface area contributed by atoms with Crippen molar-refractivity contribution < 1.29 is 0 Å². The van der Waals surface area contributed by atoms with Gasteiger partial charge in [0.15, 0.2) is 0 Å². The van der Waals surface area contributed by atoms with Crippen molar-refractivity contribution in [2.75, 3.05) is 26.7 Å². The van der Waals surface area contributed by atoms with Gasteiger partial charge in [-0.15, -0.1) is 0 Å². The summed E-state index contributed by atoms with van der Waals surface area (Å²) in [6.07, 6.45) is 6.69. The van der Waals surface area contributed by atoms with Gasteiger partial charge in [0.25, 0.3) is 0 Å². The van der Waals surface area contributed by atoms with E-state index in [4.69, 9.17) is 0 Å². The van der Waals surface area contributed by atoms with Gasteiger partial charge in [0, 0.05) is 19.3 Å². The molecular formula is C15H28N4. The van der Waals surface area contributed by atoms with Gasteiger partial charge in [-0.25, -0.2) is 4.98 Å². The molecule has 0 spiro atoms. The van der Waals surface area contributed by atoms with E-state index in [1.807, 2.05) is 19.6 Å². The van der Waals surface area contributed by atoms with E-state index < -0.39 is 0 Å². The molecule has 19 heavy (non-hydrogen) atoms. The summed E-state index contributed by atoms with van der Waals surface area (Å²) in [7, 11) is 2.00. The second kappa shape index (κ2) is 6.06. The normalized spacial score (nSPS) is 18.9. The zero-order chi connectivity index (χ0) is 13.9. The Labute approximate surface area is 117 Å². The average molecular weight is 264 g/mol. The fourth-order valence-electron chi connectivity index (χ4n) is 2.91. The number of hydrogen-bond acceptors (Lipinski definition) is 3. The van der Waals surface area contributed by atoms with Gasteiger partial charge < -0.3 is 14.8 Å². The lowest BCUT2D eigenvalue weighted by Gasteiger charge is -2.27. The standard InChI is InChI=1S/C15H28N4/c1-13(10-18-7-5-6-8-18)11-19-12-17-9-14(19)15(2,3)16-4/h9,12-13,16H,5-8,10-11H2,1-4H3. The molecule has 108 valence electrons. The van der Waals surface area contributed by atoms with Crippen molar-refractivity contribution in [1.82, 2.24) is 19.8 Å². The number of aromatic nitrogens is 2. The molecule has 1 unspecified atom stereocenters. The topological polar surface area (TPSA) is 33.1 Å². The molecule has 0 saturated carbocycles. The molecule has 4 nitrogen and oxygen atoms in total. The molecule has 1 atom stereocenters. The van der Waals surface area contributed by atoms with Crippen LogP contribution in [0.5, 0.6) is 0 Å². The van der Waals surface area contributed by atoms with E-state index in [1.54, 1.807) is 0 Å². The van der Waals surface area contributed by atoms with Crippen LogP contribution in [0, 0.1) is 5.92 Å². The summed E-state index contributed by atoms with van der Waals surface area (Å²) in [4.78, 5) is 6.92. The molecule has 2 heterocycles. The van der Waals surface area contributed by atoms with E-state index in [0.717, 1.165) is 6.54 Å². The van der Waals surface area contributed by atoms with Gasteiger partial charge in [-0.2, -0.15) is 0 Å². The monoisotopic (exact) mass is 264 g/mol. The van der Waals surface area contributed by atoms with E-state index in [-0.39, 0.29) is 5.54 Å². The fourth-order valence-corrected chi connectivity index (χ4v) is 2.91. The minimum Gasteiger partial charge on any atom is -0.333 e. The summed E-state index contributed by atoms with van der Waals surface area (Å²) in [6.45, 7) is 11.6. The second-order valence-electron chi connectivity index (χ2n) is 6.42. The third-order valence-corrected chi connectivity index (χ3v) is 4.25. The Morgan fingerprint density at radius 2 is 2.00 bits per heavy atom. The van der Waals surface area contributed by atoms with Crippen LogP contribution in [-0.4, -0.2) is 41.1 Å². The van der Waals surface area contributed by atoms with Crippen LogP contribution >= 0.6 is 0 Å². The van der Waals surface area contributed by atoms with Crippen LogP contribution in [0.25, 0.3) is 0 Å². The van der Waals surface area contributed by atoms with Crippen molar-refractivity contribution in [3.05, 3.63) is 18.2 Å². The minimum absolute atomic E-state index is 0.0239. The van der Waals surface area contributed by atoms with Crippen molar-refractivity contribution in [3.63, 3.8) is 0 Å². The van der Waals surface area contributed by atoms with Crippen LogP contribution in [0.3, 0.4) is 0 Å².